The van der Waals surface area contributed by atoms with Crippen molar-refractivity contribution in [1.82, 2.24) is 23.9 Å². The second-order valence-electron chi connectivity index (χ2n) is 8.27. The lowest BCUT2D eigenvalue weighted by atomic mass is 10.1. The maximum atomic E-state index is 13.6. The van der Waals surface area contributed by atoms with Crippen LogP contribution in [-0.4, -0.2) is 57.9 Å². The molecule has 9 nitrogen and oxygen atoms in total. The van der Waals surface area contributed by atoms with Crippen LogP contribution in [0.1, 0.15) is 44.0 Å². The number of alkyl halides is 3. The zero-order chi connectivity index (χ0) is 25.0. The van der Waals surface area contributed by atoms with Gasteiger partial charge in [0, 0.05) is 44.2 Å². The van der Waals surface area contributed by atoms with Crippen LogP contribution in [0.4, 0.5) is 13.2 Å². The molecule has 0 N–H and O–H groups in total. The molecule has 0 radical (unpaired) electrons. The van der Waals surface area contributed by atoms with Crippen molar-refractivity contribution in [2.75, 3.05) is 19.8 Å². The molecule has 0 amide bonds. The maximum Gasteiger partial charge on any atom is 0.431 e. The van der Waals surface area contributed by atoms with E-state index >= 15 is 0 Å². The number of pyridine rings is 1. The smallest absolute Gasteiger partial charge is 0.303 e. The molecular formula is C21H23F3N6O3S. The molecular weight excluding hydrogens is 473 g/mol. The summed E-state index contributed by atoms with van der Waals surface area (Å²) >= 11 is 0. The van der Waals surface area contributed by atoms with Crippen LogP contribution in [0.5, 0.6) is 0 Å². The standard InChI is InChI=1S/C21H23F3N6O3S/c1-5-34(32,33)16-8-13(12(2)27-28(3)4)10-25-19(16)15-11-29-18(26-15)9-17(21(22,23)24)30(20(29)31)14-6-7-14/h8-11,14H,5-7H2,1-4H3/b27-12+. The van der Waals surface area contributed by atoms with Crippen LogP contribution in [-0.2, 0) is 16.0 Å². The lowest BCUT2D eigenvalue weighted by molar-refractivity contribution is -0.144. The Morgan fingerprint density at radius 1 is 1.26 bits per heavy atom. The molecule has 182 valence electrons. The summed E-state index contributed by atoms with van der Waals surface area (Å²) in [6.07, 6.45) is -1.14. The van der Waals surface area contributed by atoms with Crippen LogP contribution in [0.3, 0.4) is 0 Å². The molecule has 1 aliphatic rings. The second-order valence-corrected chi connectivity index (χ2v) is 10.5. The summed E-state index contributed by atoms with van der Waals surface area (Å²) in [5.74, 6) is -0.227. The minimum absolute atomic E-state index is 0.0143. The molecule has 1 aliphatic carbocycles. The van der Waals surface area contributed by atoms with E-state index in [0.717, 1.165) is 15.0 Å². The van der Waals surface area contributed by atoms with Gasteiger partial charge in [0.05, 0.1) is 16.4 Å². The molecule has 1 saturated carbocycles. The van der Waals surface area contributed by atoms with Crippen LogP contribution in [0, 0.1) is 0 Å². The first-order chi connectivity index (χ1) is 15.8. The maximum absolute atomic E-state index is 13.6. The topological polar surface area (TPSA) is 102 Å². The highest BCUT2D eigenvalue weighted by atomic mass is 32.2. The molecule has 3 aromatic rings. The average Bonchev–Trinajstić information content (AvgIpc) is 3.49. The van der Waals surface area contributed by atoms with Gasteiger partial charge >= 0.3 is 11.9 Å². The molecule has 3 heterocycles. The van der Waals surface area contributed by atoms with Crippen LogP contribution < -0.4 is 5.69 Å². The number of imidazole rings is 1. The summed E-state index contributed by atoms with van der Waals surface area (Å²) in [6.45, 7) is 3.17. The van der Waals surface area contributed by atoms with Crippen molar-refractivity contribution < 1.29 is 21.6 Å². The van der Waals surface area contributed by atoms with Gasteiger partial charge in [0.25, 0.3) is 0 Å². The molecule has 3 aromatic heterocycles. The van der Waals surface area contributed by atoms with Gasteiger partial charge in [-0.3, -0.25) is 14.0 Å². The summed E-state index contributed by atoms with van der Waals surface area (Å²) in [4.78, 5) is 21.2. The van der Waals surface area contributed by atoms with E-state index in [-0.39, 0.29) is 27.7 Å². The lowest BCUT2D eigenvalue weighted by Crippen LogP contribution is -2.31. The Labute approximate surface area is 193 Å². The fourth-order valence-corrected chi connectivity index (χ4v) is 4.73. The molecule has 1 fully saturated rings. The summed E-state index contributed by atoms with van der Waals surface area (Å²) in [5, 5.41) is 5.81. The molecule has 0 aliphatic heterocycles. The number of aromatic nitrogens is 4. The molecule has 0 atom stereocenters. The quantitative estimate of drug-likeness (QED) is 0.384. The fraction of sp³-hybridized carbons (Fsp3) is 0.429. The molecule has 4 rings (SSSR count). The number of rotatable bonds is 6. The molecule has 34 heavy (non-hydrogen) atoms. The third-order valence-electron chi connectivity index (χ3n) is 5.45. The van der Waals surface area contributed by atoms with Crippen molar-refractivity contribution in [1.29, 1.82) is 0 Å². The normalized spacial score (nSPS) is 15.2. The van der Waals surface area contributed by atoms with Gasteiger partial charge in [0.15, 0.2) is 9.84 Å². The summed E-state index contributed by atoms with van der Waals surface area (Å²) in [5.41, 5.74) is -1.27. The Kier molecular flexibility index (Phi) is 5.78. The third kappa shape index (κ3) is 4.31. The van der Waals surface area contributed by atoms with Gasteiger partial charge in [-0.2, -0.15) is 18.3 Å². The van der Waals surface area contributed by atoms with Crippen molar-refractivity contribution in [3.8, 4) is 11.4 Å². The number of fused-ring (bicyclic) bond motifs is 1. The predicted octanol–water partition coefficient (Wildman–Crippen LogP) is 2.99. The number of hydrogen-bond donors (Lipinski definition) is 0. The van der Waals surface area contributed by atoms with E-state index in [1.807, 2.05) is 0 Å². The Morgan fingerprint density at radius 2 is 1.94 bits per heavy atom. The molecule has 0 spiro atoms. The zero-order valence-corrected chi connectivity index (χ0v) is 19.8. The van der Waals surface area contributed by atoms with Gasteiger partial charge in [-0.05, 0) is 25.8 Å². The minimum Gasteiger partial charge on any atom is -0.303 e. The minimum atomic E-state index is -4.74. The van der Waals surface area contributed by atoms with E-state index in [9.17, 15) is 26.4 Å². The Balaban J connectivity index is 1.95. The largest absolute Gasteiger partial charge is 0.431 e. The predicted molar refractivity (Wildman–Crippen MR) is 120 cm³/mol. The Hall–Kier alpha value is -3.22. The van der Waals surface area contributed by atoms with Crippen LogP contribution in [0.25, 0.3) is 17.0 Å². The molecule has 0 bridgehead atoms. The molecule has 0 saturated heterocycles. The monoisotopic (exact) mass is 496 g/mol. The summed E-state index contributed by atoms with van der Waals surface area (Å²) in [7, 11) is -0.361. The van der Waals surface area contributed by atoms with Gasteiger partial charge in [-0.15, -0.1) is 0 Å². The van der Waals surface area contributed by atoms with Crippen molar-refractivity contribution in [3.05, 3.63) is 46.3 Å². The number of hydrazone groups is 1. The van der Waals surface area contributed by atoms with E-state index in [2.05, 4.69) is 15.1 Å². The summed E-state index contributed by atoms with van der Waals surface area (Å²) < 4.78 is 68.4. The fourth-order valence-electron chi connectivity index (χ4n) is 3.66. The van der Waals surface area contributed by atoms with E-state index in [0.29, 0.717) is 24.1 Å². The van der Waals surface area contributed by atoms with Gasteiger partial charge in [0.1, 0.15) is 22.7 Å². The lowest BCUT2D eigenvalue weighted by Gasteiger charge is -2.14. The third-order valence-corrected chi connectivity index (χ3v) is 7.19. The number of halogens is 3. The highest BCUT2D eigenvalue weighted by Crippen LogP contribution is 2.39. The molecule has 0 unspecified atom stereocenters. The molecule has 13 heteroatoms. The first kappa shape index (κ1) is 23.9. The van der Waals surface area contributed by atoms with E-state index in [1.165, 1.54) is 25.4 Å². The van der Waals surface area contributed by atoms with Gasteiger partial charge in [0.2, 0.25) is 0 Å². The van der Waals surface area contributed by atoms with Gasteiger partial charge in [-0.25, -0.2) is 18.2 Å². The highest BCUT2D eigenvalue weighted by Gasteiger charge is 2.40. The van der Waals surface area contributed by atoms with Gasteiger partial charge < -0.3 is 5.01 Å². The average molecular weight is 497 g/mol. The number of sulfone groups is 1. The van der Waals surface area contributed by atoms with E-state index in [1.54, 1.807) is 26.0 Å². The van der Waals surface area contributed by atoms with Crippen molar-refractivity contribution in [2.45, 2.75) is 43.8 Å². The van der Waals surface area contributed by atoms with Crippen molar-refractivity contribution in [2.24, 2.45) is 5.10 Å². The first-order valence-corrected chi connectivity index (χ1v) is 12.2. The van der Waals surface area contributed by atoms with Crippen LogP contribution in [0.15, 0.2) is 39.3 Å². The zero-order valence-electron chi connectivity index (χ0n) is 19.0. The SMILES string of the molecule is CCS(=O)(=O)c1cc(/C(C)=N/N(C)C)cnc1-c1cn2c(=O)n(C3CC3)c(C(F)(F)F)cc2n1. The Morgan fingerprint density at radius 3 is 2.50 bits per heavy atom. The van der Waals surface area contributed by atoms with Crippen LogP contribution in [0.2, 0.25) is 0 Å². The summed E-state index contributed by atoms with van der Waals surface area (Å²) in [6, 6.07) is 1.70. The number of nitrogens with zero attached hydrogens (tertiary/aromatic N) is 6. The van der Waals surface area contributed by atoms with Crippen molar-refractivity contribution >= 4 is 21.2 Å². The van der Waals surface area contributed by atoms with E-state index in [4.69, 9.17) is 0 Å². The Bertz CT molecular complexity index is 1470. The highest BCUT2D eigenvalue weighted by molar-refractivity contribution is 7.91. The van der Waals surface area contributed by atoms with Gasteiger partial charge in [-0.1, -0.05) is 6.92 Å². The van der Waals surface area contributed by atoms with E-state index < -0.39 is 33.4 Å². The van der Waals surface area contributed by atoms with Crippen LogP contribution >= 0.6 is 0 Å². The number of hydrogen-bond acceptors (Lipinski definition) is 7. The second kappa shape index (κ2) is 8.22. The molecule has 0 aromatic carbocycles. The van der Waals surface area contributed by atoms with Crippen molar-refractivity contribution in [3.63, 3.8) is 0 Å². The first-order valence-electron chi connectivity index (χ1n) is 10.5.